The molecule has 0 aromatic rings. The van der Waals surface area contributed by atoms with Crippen LogP contribution in [0.2, 0.25) is 0 Å². The monoisotopic (exact) mass is 110 g/mol. The van der Waals surface area contributed by atoms with Crippen molar-refractivity contribution in [2.75, 3.05) is 6.54 Å². The van der Waals surface area contributed by atoms with E-state index in [2.05, 4.69) is 0 Å². The first-order chi connectivity index (χ1) is 3.06. The first-order valence-electron chi connectivity index (χ1n) is 2.55. The second-order valence-electron chi connectivity index (χ2n) is 2.53. The molecule has 7 heavy (non-hydrogen) atoms. The molecule has 1 atom stereocenters. The molecular weight excluding hydrogens is 99.0 g/mol. The molecule has 0 aliphatic carbocycles. The molecule has 0 radical (unpaired) electrons. The van der Waals surface area contributed by atoms with Crippen LogP contribution < -0.4 is 11.5 Å². The van der Waals surface area contributed by atoms with E-state index in [0.717, 1.165) is 40.9 Å². The fourth-order valence-electron chi connectivity index (χ4n) is 0.372. The normalized spacial score (nSPS) is 19.0. The zero-order chi connectivity index (χ0) is 5.91. The van der Waals surface area contributed by atoms with E-state index in [-0.39, 0.29) is 2.79 Å². The molecular formula is C4H11N2Na. The van der Waals surface area contributed by atoms with Crippen molar-refractivity contribution in [1.82, 2.24) is 0 Å². The average molecular weight is 110 g/mol. The van der Waals surface area contributed by atoms with Crippen LogP contribution in [-0.2, 0) is 0 Å². The minimum absolute atomic E-state index is 0.0642. The molecule has 0 saturated carbocycles. The van der Waals surface area contributed by atoms with Crippen molar-refractivity contribution in [1.29, 1.82) is 0 Å². The number of nitrogens with two attached hydrogens (primary N) is 2. The molecule has 4 N–H and O–H groups in total. The van der Waals surface area contributed by atoms with Gasteiger partial charge in [-0.3, -0.25) is 0 Å². The summed E-state index contributed by atoms with van der Waals surface area (Å²) < 4.78 is 0.0642. The van der Waals surface area contributed by atoms with Gasteiger partial charge in [0, 0.05) is 0 Å². The molecule has 0 fully saturated rings. The van der Waals surface area contributed by atoms with E-state index in [1.807, 2.05) is 6.92 Å². The molecule has 3 heteroatoms. The second kappa shape index (κ2) is 3.05. The number of rotatable bonds is 2. The molecule has 0 bridgehead atoms. The van der Waals surface area contributed by atoms with Crippen molar-refractivity contribution in [2.24, 2.45) is 11.5 Å². The topological polar surface area (TPSA) is 52.0 Å². The van der Waals surface area contributed by atoms with Gasteiger partial charge in [0.1, 0.15) is 0 Å². The van der Waals surface area contributed by atoms with E-state index in [4.69, 9.17) is 11.5 Å². The van der Waals surface area contributed by atoms with E-state index in [0.29, 0.717) is 0 Å². The Hall–Kier alpha value is 0.920. The molecule has 0 aromatic carbocycles. The summed E-state index contributed by atoms with van der Waals surface area (Å²) in [6.45, 7) is 2.75. The van der Waals surface area contributed by atoms with Gasteiger partial charge in [0.2, 0.25) is 0 Å². The van der Waals surface area contributed by atoms with Crippen LogP contribution >= 0.6 is 0 Å². The van der Waals surface area contributed by atoms with Crippen LogP contribution in [0.3, 0.4) is 0 Å². The van der Waals surface area contributed by atoms with Crippen molar-refractivity contribution in [3.05, 3.63) is 0 Å². The standard InChI is InChI=1S/C4H11N2.Na/c1-4(6)2-3-5;/h2-3,5-6H2,1H3;. The van der Waals surface area contributed by atoms with Crippen molar-refractivity contribution in [2.45, 2.75) is 16.1 Å². The summed E-state index contributed by atoms with van der Waals surface area (Å²) in [6.07, 6.45) is 0.958. The molecule has 0 amide bonds. The average Bonchev–Trinajstić information content (AvgIpc) is 1.30. The van der Waals surface area contributed by atoms with Gasteiger partial charge >= 0.3 is 62.1 Å². The zero-order valence-corrected chi connectivity index (χ0v) is 7.07. The van der Waals surface area contributed by atoms with Gasteiger partial charge in [0.15, 0.2) is 0 Å². The summed E-state index contributed by atoms with van der Waals surface area (Å²) >= 11 is 1.04. The minimum atomic E-state index is 0.0642. The van der Waals surface area contributed by atoms with Crippen molar-refractivity contribution in [3.63, 3.8) is 0 Å². The predicted octanol–water partition coefficient (Wildman–Crippen LogP) is -0.821. The van der Waals surface area contributed by atoms with E-state index in [1.54, 1.807) is 0 Å². The fraction of sp³-hybridized carbons (Fsp3) is 1.00. The molecule has 0 aliphatic rings. The first kappa shape index (κ1) is 7.92. The summed E-state index contributed by atoms with van der Waals surface area (Å²) in [5.41, 5.74) is 10.9. The van der Waals surface area contributed by atoms with Gasteiger partial charge in [-0.25, -0.2) is 0 Å². The molecule has 0 aliphatic heterocycles. The number of hydrogen-bond donors (Lipinski definition) is 2. The zero-order valence-electron chi connectivity index (χ0n) is 5.07. The molecule has 0 aromatic heterocycles. The Bertz CT molecular complexity index is 48.1. The Labute approximate surface area is 62.0 Å². The van der Waals surface area contributed by atoms with Crippen molar-refractivity contribution < 1.29 is 0 Å². The molecule has 0 saturated heterocycles. The van der Waals surface area contributed by atoms with Crippen LogP contribution in [0, 0.1) is 0 Å². The molecule has 1 unspecified atom stereocenters. The van der Waals surface area contributed by atoms with Gasteiger partial charge in [-0.05, 0) is 0 Å². The summed E-state index contributed by atoms with van der Waals surface area (Å²) in [5.74, 6) is 0. The van der Waals surface area contributed by atoms with Crippen molar-refractivity contribution in [3.8, 4) is 0 Å². The predicted molar refractivity (Wildman–Crippen MR) is 32.0 cm³/mol. The third-order valence-corrected chi connectivity index (χ3v) is 1.29. The van der Waals surface area contributed by atoms with E-state index in [9.17, 15) is 0 Å². The second-order valence-corrected chi connectivity index (χ2v) is 4.81. The molecule has 0 spiro atoms. The molecule has 0 heterocycles. The third-order valence-electron chi connectivity index (χ3n) is 0.789. The molecule has 38 valence electrons. The van der Waals surface area contributed by atoms with E-state index < -0.39 is 0 Å². The Morgan fingerprint density at radius 2 is 2.14 bits per heavy atom. The van der Waals surface area contributed by atoms with E-state index >= 15 is 0 Å². The number of hydrogen-bond acceptors (Lipinski definition) is 2. The maximum absolute atomic E-state index is 5.63. The SMILES string of the molecule is C[C](N)([Na])CCN. The molecule has 0 rings (SSSR count). The van der Waals surface area contributed by atoms with Crippen LogP contribution in [-0.4, -0.2) is 37.3 Å². The van der Waals surface area contributed by atoms with Crippen molar-refractivity contribution >= 4 is 27.9 Å². The Morgan fingerprint density at radius 1 is 1.71 bits per heavy atom. The van der Waals surface area contributed by atoms with Gasteiger partial charge in [-0.15, -0.1) is 0 Å². The van der Waals surface area contributed by atoms with Crippen LogP contribution in [0.4, 0.5) is 0 Å². The first-order valence-corrected chi connectivity index (χ1v) is 3.55. The van der Waals surface area contributed by atoms with E-state index in [1.165, 1.54) is 0 Å². The van der Waals surface area contributed by atoms with Gasteiger partial charge in [0.05, 0.1) is 0 Å². The van der Waals surface area contributed by atoms with Gasteiger partial charge in [0.25, 0.3) is 0 Å². The Balaban J connectivity index is 3.15. The third kappa shape index (κ3) is 6.92. The van der Waals surface area contributed by atoms with Crippen LogP contribution in [0.1, 0.15) is 13.3 Å². The maximum atomic E-state index is 5.63. The quantitative estimate of drug-likeness (QED) is 0.456. The van der Waals surface area contributed by atoms with Gasteiger partial charge in [-0.2, -0.15) is 0 Å². The Morgan fingerprint density at radius 3 is 2.14 bits per heavy atom. The Kier molecular flexibility index (Phi) is 3.45. The fourth-order valence-corrected chi connectivity index (χ4v) is 0.661. The van der Waals surface area contributed by atoms with Crippen LogP contribution in [0.5, 0.6) is 0 Å². The summed E-state index contributed by atoms with van der Waals surface area (Å²) in [6, 6.07) is 0. The van der Waals surface area contributed by atoms with Crippen LogP contribution in [0.25, 0.3) is 0 Å². The summed E-state index contributed by atoms with van der Waals surface area (Å²) in [4.78, 5) is 0. The summed E-state index contributed by atoms with van der Waals surface area (Å²) in [7, 11) is 0. The summed E-state index contributed by atoms with van der Waals surface area (Å²) in [5, 5.41) is 0. The van der Waals surface area contributed by atoms with Gasteiger partial charge in [-0.1, -0.05) is 0 Å². The molecule has 2 nitrogen and oxygen atoms in total. The van der Waals surface area contributed by atoms with Gasteiger partial charge < -0.3 is 0 Å². The van der Waals surface area contributed by atoms with Crippen LogP contribution in [0.15, 0.2) is 0 Å².